The maximum atomic E-state index is 11.5. The first-order valence-electron chi connectivity index (χ1n) is 6.61. The van der Waals surface area contributed by atoms with Crippen molar-refractivity contribution in [3.8, 4) is 0 Å². The molecule has 0 aliphatic carbocycles. The van der Waals surface area contributed by atoms with Crippen molar-refractivity contribution in [3.05, 3.63) is 65.2 Å². The van der Waals surface area contributed by atoms with Gasteiger partial charge in [0.05, 0.1) is 0 Å². The Labute approximate surface area is 114 Å². The average molecular weight is 253 g/mol. The molecule has 2 heteroatoms. The molecule has 19 heavy (non-hydrogen) atoms. The van der Waals surface area contributed by atoms with Crippen molar-refractivity contribution >= 4 is 11.5 Å². The molecule has 0 heterocycles. The lowest BCUT2D eigenvalue weighted by molar-refractivity contribution is 0.0988. The van der Waals surface area contributed by atoms with Gasteiger partial charge >= 0.3 is 0 Å². The monoisotopic (exact) mass is 253 g/mol. The van der Waals surface area contributed by atoms with Gasteiger partial charge in [0.25, 0.3) is 0 Å². The molecule has 0 bridgehead atoms. The van der Waals surface area contributed by atoms with Crippen molar-refractivity contribution in [1.29, 1.82) is 0 Å². The van der Waals surface area contributed by atoms with Crippen LogP contribution in [-0.2, 0) is 6.54 Å². The van der Waals surface area contributed by atoms with Crippen LogP contribution in [0.2, 0.25) is 0 Å². The normalized spacial score (nSPS) is 10.2. The molecule has 0 atom stereocenters. The SMILES string of the molecule is CCC(=O)c1ccc(NCc2ccc(C)cc2)cc1. The summed E-state index contributed by atoms with van der Waals surface area (Å²) in [7, 11) is 0. The van der Waals surface area contributed by atoms with E-state index in [0.29, 0.717) is 6.42 Å². The average Bonchev–Trinajstić information content (AvgIpc) is 2.46. The second-order valence-corrected chi connectivity index (χ2v) is 4.69. The highest BCUT2D eigenvalue weighted by Crippen LogP contribution is 2.13. The van der Waals surface area contributed by atoms with Gasteiger partial charge in [-0.2, -0.15) is 0 Å². The first-order chi connectivity index (χ1) is 9.19. The largest absolute Gasteiger partial charge is 0.381 e. The van der Waals surface area contributed by atoms with Crippen LogP contribution in [0.3, 0.4) is 0 Å². The van der Waals surface area contributed by atoms with Crippen molar-refractivity contribution in [1.82, 2.24) is 0 Å². The number of rotatable bonds is 5. The zero-order chi connectivity index (χ0) is 13.7. The van der Waals surface area contributed by atoms with Gasteiger partial charge in [0.2, 0.25) is 0 Å². The first-order valence-corrected chi connectivity index (χ1v) is 6.61. The van der Waals surface area contributed by atoms with Gasteiger partial charge in [-0.15, -0.1) is 0 Å². The zero-order valence-corrected chi connectivity index (χ0v) is 11.4. The number of Topliss-reactive ketones (excluding diaryl/α,β-unsaturated/α-hetero) is 1. The summed E-state index contributed by atoms with van der Waals surface area (Å²) >= 11 is 0. The third-order valence-corrected chi connectivity index (χ3v) is 3.15. The maximum Gasteiger partial charge on any atom is 0.162 e. The van der Waals surface area contributed by atoms with Crippen molar-refractivity contribution in [2.24, 2.45) is 0 Å². The van der Waals surface area contributed by atoms with Crippen LogP contribution in [0.5, 0.6) is 0 Å². The molecule has 0 amide bonds. The van der Waals surface area contributed by atoms with Gasteiger partial charge in [-0.25, -0.2) is 0 Å². The second kappa shape index (κ2) is 6.19. The Bertz CT molecular complexity index is 540. The van der Waals surface area contributed by atoms with E-state index in [0.717, 1.165) is 17.8 Å². The van der Waals surface area contributed by atoms with E-state index in [9.17, 15) is 4.79 Å². The Morgan fingerprint density at radius 2 is 1.63 bits per heavy atom. The Morgan fingerprint density at radius 3 is 2.21 bits per heavy atom. The van der Waals surface area contributed by atoms with Crippen LogP contribution >= 0.6 is 0 Å². The summed E-state index contributed by atoms with van der Waals surface area (Å²) in [5.74, 6) is 0.185. The van der Waals surface area contributed by atoms with E-state index >= 15 is 0 Å². The number of anilines is 1. The van der Waals surface area contributed by atoms with E-state index < -0.39 is 0 Å². The minimum absolute atomic E-state index is 0.185. The minimum atomic E-state index is 0.185. The van der Waals surface area contributed by atoms with Crippen molar-refractivity contribution in [3.63, 3.8) is 0 Å². The molecule has 2 aromatic rings. The summed E-state index contributed by atoms with van der Waals surface area (Å²) in [5.41, 5.74) is 4.34. The molecule has 2 aromatic carbocycles. The van der Waals surface area contributed by atoms with Crippen LogP contribution in [0.25, 0.3) is 0 Å². The van der Waals surface area contributed by atoms with Crippen molar-refractivity contribution in [2.75, 3.05) is 5.32 Å². The number of hydrogen-bond acceptors (Lipinski definition) is 2. The highest BCUT2D eigenvalue weighted by molar-refractivity contribution is 5.96. The van der Waals surface area contributed by atoms with Crippen LogP contribution in [-0.4, -0.2) is 5.78 Å². The van der Waals surface area contributed by atoms with E-state index in [2.05, 4.69) is 36.5 Å². The fraction of sp³-hybridized carbons (Fsp3) is 0.235. The van der Waals surface area contributed by atoms with Gasteiger partial charge in [-0.3, -0.25) is 4.79 Å². The summed E-state index contributed by atoms with van der Waals surface area (Å²) < 4.78 is 0. The third kappa shape index (κ3) is 3.68. The molecule has 2 nitrogen and oxygen atoms in total. The van der Waals surface area contributed by atoms with E-state index in [1.807, 2.05) is 31.2 Å². The lowest BCUT2D eigenvalue weighted by Gasteiger charge is -2.07. The fourth-order valence-corrected chi connectivity index (χ4v) is 1.89. The minimum Gasteiger partial charge on any atom is -0.381 e. The van der Waals surface area contributed by atoms with Gasteiger partial charge in [0.15, 0.2) is 5.78 Å². The van der Waals surface area contributed by atoms with Gasteiger partial charge in [-0.1, -0.05) is 36.8 Å². The van der Waals surface area contributed by atoms with Crippen LogP contribution in [0, 0.1) is 6.92 Å². The number of nitrogens with one attached hydrogen (secondary N) is 1. The molecule has 0 spiro atoms. The molecule has 0 aliphatic heterocycles. The van der Waals surface area contributed by atoms with E-state index in [-0.39, 0.29) is 5.78 Å². The summed E-state index contributed by atoms with van der Waals surface area (Å²) in [4.78, 5) is 11.5. The summed E-state index contributed by atoms with van der Waals surface area (Å²) in [6, 6.07) is 16.1. The van der Waals surface area contributed by atoms with Crippen LogP contribution < -0.4 is 5.32 Å². The quantitative estimate of drug-likeness (QED) is 0.809. The molecule has 0 radical (unpaired) electrons. The van der Waals surface area contributed by atoms with Gasteiger partial charge in [0, 0.05) is 24.2 Å². The van der Waals surface area contributed by atoms with Crippen LogP contribution in [0.4, 0.5) is 5.69 Å². The van der Waals surface area contributed by atoms with Crippen molar-refractivity contribution in [2.45, 2.75) is 26.8 Å². The molecule has 98 valence electrons. The lowest BCUT2D eigenvalue weighted by Crippen LogP contribution is -2.00. The van der Waals surface area contributed by atoms with Gasteiger partial charge < -0.3 is 5.32 Å². The summed E-state index contributed by atoms with van der Waals surface area (Å²) in [6.07, 6.45) is 0.552. The first kappa shape index (κ1) is 13.3. The predicted octanol–water partition coefficient (Wildman–Crippen LogP) is 4.20. The Morgan fingerprint density at radius 1 is 1.00 bits per heavy atom. The second-order valence-electron chi connectivity index (χ2n) is 4.69. The Hall–Kier alpha value is -2.09. The molecule has 2 rings (SSSR count). The Balaban J connectivity index is 1.96. The molecule has 0 unspecified atom stereocenters. The standard InChI is InChI=1S/C17H19NO/c1-3-17(19)15-8-10-16(11-9-15)18-12-14-6-4-13(2)5-7-14/h4-11,18H,3,12H2,1-2H3. The highest BCUT2D eigenvalue weighted by atomic mass is 16.1. The summed E-state index contributed by atoms with van der Waals surface area (Å²) in [6.45, 7) is 4.76. The van der Waals surface area contributed by atoms with Crippen LogP contribution in [0.1, 0.15) is 34.8 Å². The molecule has 0 aliphatic rings. The van der Waals surface area contributed by atoms with E-state index in [1.165, 1.54) is 11.1 Å². The molecular weight excluding hydrogens is 234 g/mol. The van der Waals surface area contributed by atoms with Crippen molar-refractivity contribution < 1.29 is 4.79 Å². The number of ketones is 1. The summed E-state index contributed by atoms with van der Waals surface area (Å²) in [5, 5.41) is 3.35. The Kier molecular flexibility index (Phi) is 4.35. The number of carbonyl (C=O) groups is 1. The maximum absolute atomic E-state index is 11.5. The molecule has 0 fully saturated rings. The lowest BCUT2D eigenvalue weighted by atomic mass is 10.1. The molecule has 1 N–H and O–H groups in total. The van der Waals surface area contributed by atoms with E-state index in [1.54, 1.807) is 0 Å². The van der Waals surface area contributed by atoms with E-state index in [4.69, 9.17) is 0 Å². The molecule has 0 saturated heterocycles. The molecule has 0 saturated carbocycles. The smallest absolute Gasteiger partial charge is 0.162 e. The van der Waals surface area contributed by atoms with Gasteiger partial charge in [-0.05, 0) is 36.8 Å². The zero-order valence-electron chi connectivity index (χ0n) is 11.4. The topological polar surface area (TPSA) is 29.1 Å². The highest BCUT2D eigenvalue weighted by Gasteiger charge is 2.02. The number of aryl methyl sites for hydroxylation is 1. The predicted molar refractivity (Wildman–Crippen MR) is 79.6 cm³/mol. The molecular formula is C17H19NO. The van der Waals surface area contributed by atoms with Crippen LogP contribution in [0.15, 0.2) is 48.5 Å². The molecule has 0 aromatic heterocycles. The fourth-order valence-electron chi connectivity index (χ4n) is 1.89. The third-order valence-electron chi connectivity index (χ3n) is 3.15. The van der Waals surface area contributed by atoms with Gasteiger partial charge in [0.1, 0.15) is 0 Å². The number of benzene rings is 2. The number of hydrogen-bond donors (Lipinski definition) is 1. The number of carbonyl (C=O) groups excluding carboxylic acids is 1.